The number of hydrogen-bond donors (Lipinski definition) is 3. The maximum absolute atomic E-state index is 12.2. The fourth-order valence-electron chi connectivity index (χ4n) is 2.26. The third-order valence-electron chi connectivity index (χ3n) is 3.69. The van der Waals surface area contributed by atoms with Crippen molar-refractivity contribution in [3.63, 3.8) is 0 Å². The molecule has 5 nitrogen and oxygen atoms in total. The molecule has 0 aliphatic carbocycles. The summed E-state index contributed by atoms with van der Waals surface area (Å²) in [5.41, 5.74) is 8.02. The minimum absolute atomic E-state index is 0.187. The van der Waals surface area contributed by atoms with E-state index in [1.165, 1.54) is 5.56 Å². The number of amides is 2. The summed E-state index contributed by atoms with van der Waals surface area (Å²) in [5, 5.41) is 5.72. The lowest BCUT2D eigenvalue weighted by Gasteiger charge is -2.10. The van der Waals surface area contributed by atoms with Crippen LogP contribution in [0.4, 0.5) is 5.69 Å². The maximum atomic E-state index is 12.2. The van der Waals surface area contributed by atoms with E-state index in [9.17, 15) is 9.59 Å². The highest BCUT2D eigenvalue weighted by Crippen LogP contribution is 2.10. The van der Waals surface area contributed by atoms with Crippen LogP contribution >= 0.6 is 12.2 Å². The summed E-state index contributed by atoms with van der Waals surface area (Å²) in [6, 6.07) is 14.0. The van der Waals surface area contributed by atoms with Crippen molar-refractivity contribution in [2.75, 3.05) is 5.32 Å². The molecule has 2 aromatic carbocycles. The van der Waals surface area contributed by atoms with Gasteiger partial charge in [0.2, 0.25) is 5.91 Å². The highest BCUT2D eigenvalue weighted by atomic mass is 32.1. The fourth-order valence-corrected chi connectivity index (χ4v) is 2.47. The Morgan fingerprint density at radius 1 is 1.00 bits per heavy atom. The molecule has 4 N–H and O–H groups in total. The first-order valence-corrected chi connectivity index (χ1v) is 8.51. The molecule has 0 saturated carbocycles. The van der Waals surface area contributed by atoms with Crippen molar-refractivity contribution in [1.82, 2.24) is 5.32 Å². The maximum Gasteiger partial charge on any atom is 0.257 e. The van der Waals surface area contributed by atoms with Crippen LogP contribution in [0.2, 0.25) is 0 Å². The summed E-state index contributed by atoms with van der Waals surface area (Å²) in [5.74, 6) is -0.766. The van der Waals surface area contributed by atoms with Crippen LogP contribution in [0, 0.1) is 0 Å². The molecule has 2 aromatic rings. The number of unbranched alkanes of at least 4 members (excludes halogenated alkanes) is 1. The van der Waals surface area contributed by atoms with Crippen molar-refractivity contribution < 1.29 is 9.59 Å². The zero-order chi connectivity index (χ0) is 18.2. The summed E-state index contributed by atoms with van der Waals surface area (Å²) < 4.78 is 0. The second kappa shape index (κ2) is 8.94. The highest BCUT2D eigenvalue weighted by Gasteiger charge is 2.08. The van der Waals surface area contributed by atoms with Crippen LogP contribution < -0.4 is 16.4 Å². The molecular formula is C19H21N3O2S. The van der Waals surface area contributed by atoms with Crippen molar-refractivity contribution in [2.24, 2.45) is 5.73 Å². The monoisotopic (exact) mass is 355 g/mol. The number of thiocarbonyl (C=S) groups is 1. The van der Waals surface area contributed by atoms with E-state index in [2.05, 4.69) is 17.6 Å². The lowest BCUT2D eigenvalue weighted by molar-refractivity contribution is 0.0975. The van der Waals surface area contributed by atoms with Gasteiger partial charge < -0.3 is 11.1 Å². The van der Waals surface area contributed by atoms with Gasteiger partial charge in [0.1, 0.15) is 0 Å². The van der Waals surface area contributed by atoms with Crippen molar-refractivity contribution in [3.8, 4) is 0 Å². The Labute approximate surface area is 152 Å². The Kier molecular flexibility index (Phi) is 6.65. The number of anilines is 1. The standard InChI is InChI=1S/C19H21N3O2S/c1-2-3-4-13-5-7-15(8-6-13)18(24)22-19(25)21-16-11-9-14(10-12-16)17(20)23/h5-12H,2-4H2,1H3,(H2,20,23)(H2,21,22,24,25). The summed E-state index contributed by atoms with van der Waals surface area (Å²) in [6.45, 7) is 2.15. The van der Waals surface area contributed by atoms with Gasteiger partial charge in [0.25, 0.3) is 5.91 Å². The Hall–Kier alpha value is -2.73. The van der Waals surface area contributed by atoms with Crippen LogP contribution in [0.25, 0.3) is 0 Å². The van der Waals surface area contributed by atoms with Gasteiger partial charge in [0.05, 0.1) is 0 Å². The van der Waals surface area contributed by atoms with Crippen LogP contribution in [-0.2, 0) is 6.42 Å². The van der Waals surface area contributed by atoms with Crippen molar-refractivity contribution in [3.05, 3.63) is 65.2 Å². The number of aryl methyl sites for hydroxylation is 1. The van der Waals surface area contributed by atoms with E-state index >= 15 is 0 Å². The molecule has 6 heteroatoms. The summed E-state index contributed by atoms with van der Waals surface area (Å²) in [4.78, 5) is 23.3. The first-order chi connectivity index (χ1) is 12.0. The summed E-state index contributed by atoms with van der Waals surface area (Å²) >= 11 is 5.15. The van der Waals surface area contributed by atoms with Crippen molar-refractivity contribution >= 4 is 34.8 Å². The number of primary amides is 1. The zero-order valence-corrected chi connectivity index (χ0v) is 14.9. The van der Waals surface area contributed by atoms with Gasteiger partial charge in [0.15, 0.2) is 5.11 Å². The topological polar surface area (TPSA) is 84.2 Å². The first kappa shape index (κ1) is 18.6. The number of benzene rings is 2. The molecule has 0 spiro atoms. The Morgan fingerprint density at radius 2 is 1.60 bits per heavy atom. The van der Waals surface area contributed by atoms with Crippen LogP contribution in [0.15, 0.2) is 48.5 Å². The number of hydrogen-bond acceptors (Lipinski definition) is 3. The number of nitrogens with one attached hydrogen (secondary N) is 2. The van der Waals surface area contributed by atoms with E-state index in [1.807, 2.05) is 12.1 Å². The van der Waals surface area contributed by atoms with Gasteiger partial charge in [-0.25, -0.2) is 0 Å². The molecule has 0 bridgehead atoms. The van der Waals surface area contributed by atoms with E-state index in [1.54, 1.807) is 36.4 Å². The average Bonchev–Trinajstić information content (AvgIpc) is 2.60. The van der Waals surface area contributed by atoms with E-state index in [0.29, 0.717) is 16.8 Å². The fraction of sp³-hybridized carbons (Fsp3) is 0.211. The predicted molar refractivity (Wildman–Crippen MR) is 104 cm³/mol. The largest absolute Gasteiger partial charge is 0.366 e. The molecule has 0 atom stereocenters. The first-order valence-electron chi connectivity index (χ1n) is 8.10. The average molecular weight is 355 g/mol. The van der Waals surface area contributed by atoms with Gasteiger partial charge in [-0.05, 0) is 67.0 Å². The van der Waals surface area contributed by atoms with Gasteiger partial charge in [-0.2, -0.15) is 0 Å². The van der Waals surface area contributed by atoms with Crippen molar-refractivity contribution in [2.45, 2.75) is 26.2 Å². The molecule has 0 fully saturated rings. The van der Waals surface area contributed by atoms with Gasteiger partial charge in [-0.15, -0.1) is 0 Å². The third-order valence-corrected chi connectivity index (χ3v) is 3.89. The van der Waals surface area contributed by atoms with Crippen LogP contribution in [-0.4, -0.2) is 16.9 Å². The quantitative estimate of drug-likeness (QED) is 0.695. The Morgan fingerprint density at radius 3 is 2.16 bits per heavy atom. The summed E-state index contributed by atoms with van der Waals surface area (Å²) in [7, 11) is 0. The lowest BCUT2D eigenvalue weighted by atomic mass is 10.1. The van der Waals surface area contributed by atoms with Gasteiger partial charge in [0, 0.05) is 16.8 Å². The highest BCUT2D eigenvalue weighted by molar-refractivity contribution is 7.80. The molecule has 2 amide bonds. The number of rotatable bonds is 6. The minimum atomic E-state index is -0.496. The Bertz CT molecular complexity index is 755. The Balaban J connectivity index is 1.91. The lowest BCUT2D eigenvalue weighted by Crippen LogP contribution is -2.34. The minimum Gasteiger partial charge on any atom is -0.366 e. The SMILES string of the molecule is CCCCc1ccc(C(=O)NC(=S)Nc2ccc(C(N)=O)cc2)cc1. The molecule has 0 heterocycles. The molecule has 0 unspecified atom stereocenters. The number of carbonyl (C=O) groups excluding carboxylic acids is 2. The van der Waals surface area contributed by atoms with E-state index in [0.717, 1.165) is 19.3 Å². The summed E-state index contributed by atoms with van der Waals surface area (Å²) in [6.07, 6.45) is 3.29. The second-order valence-corrected chi connectivity index (χ2v) is 6.06. The molecule has 0 radical (unpaired) electrons. The van der Waals surface area contributed by atoms with E-state index in [-0.39, 0.29) is 11.0 Å². The second-order valence-electron chi connectivity index (χ2n) is 5.65. The molecular weight excluding hydrogens is 334 g/mol. The molecule has 130 valence electrons. The normalized spacial score (nSPS) is 10.1. The van der Waals surface area contributed by atoms with Gasteiger partial charge >= 0.3 is 0 Å². The molecule has 25 heavy (non-hydrogen) atoms. The zero-order valence-electron chi connectivity index (χ0n) is 14.0. The molecule has 2 rings (SSSR count). The van der Waals surface area contributed by atoms with Crippen molar-refractivity contribution in [1.29, 1.82) is 0 Å². The van der Waals surface area contributed by atoms with E-state index in [4.69, 9.17) is 18.0 Å². The molecule has 0 aliphatic heterocycles. The third kappa shape index (κ3) is 5.69. The molecule has 0 aromatic heterocycles. The number of carbonyl (C=O) groups is 2. The van der Waals surface area contributed by atoms with Crippen LogP contribution in [0.1, 0.15) is 46.0 Å². The van der Waals surface area contributed by atoms with E-state index < -0.39 is 5.91 Å². The number of nitrogens with two attached hydrogens (primary N) is 1. The van der Waals surface area contributed by atoms with Gasteiger partial charge in [-0.3, -0.25) is 14.9 Å². The smallest absolute Gasteiger partial charge is 0.257 e. The van der Waals surface area contributed by atoms with Crippen LogP contribution in [0.5, 0.6) is 0 Å². The van der Waals surface area contributed by atoms with Gasteiger partial charge in [-0.1, -0.05) is 25.5 Å². The van der Waals surface area contributed by atoms with Crippen LogP contribution in [0.3, 0.4) is 0 Å². The predicted octanol–water partition coefficient (Wildman–Crippen LogP) is 3.25. The molecule has 0 aliphatic rings. The molecule has 0 saturated heterocycles.